The predicted molar refractivity (Wildman–Crippen MR) is 69.8 cm³/mol. The molecule has 0 saturated carbocycles. The predicted octanol–water partition coefficient (Wildman–Crippen LogP) is 0.709. The summed E-state index contributed by atoms with van der Waals surface area (Å²) in [6.07, 6.45) is 0.637. The van der Waals surface area contributed by atoms with E-state index in [0.29, 0.717) is 13.0 Å². The third-order valence-corrected chi connectivity index (χ3v) is 3.30. The largest absolute Gasteiger partial charge is 0.497 e. The third kappa shape index (κ3) is 3.68. The number of aliphatic hydroxyl groups excluding tert-OH is 1. The van der Waals surface area contributed by atoms with Crippen LogP contribution >= 0.6 is 0 Å². The highest BCUT2D eigenvalue weighted by atomic mass is 16.5. The van der Waals surface area contributed by atoms with E-state index in [2.05, 4.69) is 5.32 Å². The van der Waals surface area contributed by atoms with Crippen LogP contribution in [-0.2, 0) is 16.1 Å². The average Bonchev–Trinajstić information content (AvgIpc) is 2.94. The second kappa shape index (κ2) is 6.54. The zero-order valence-electron chi connectivity index (χ0n) is 11.0. The van der Waals surface area contributed by atoms with Crippen molar-refractivity contribution in [1.82, 2.24) is 5.32 Å². The summed E-state index contributed by atoms with van der Waals surface area (Å²) >= 11 is 0. The average molecular weight is 265 g/mol. The first-order valence-electron chi connectivity index (χ1n) is 6.36. The van der Waals surface area contributed by atoms with E-state index < -0.39 is 0 Å². The number of aliphatic hydroxyl groups is 1. The Morgan fingerprint density at radius 3 is 2.74 bits per heavy atom. The number of rotatable bonds is 5. The van der Waals surface area contributed by atoms with Crippen LogP contribution < -0.4 is 10.1 Å². The Bertz CT molecular complexity index is 418. The van der Waals surface area contributed by atoms with Gasteiger partial charge in [0.05, 0.1) is 7.11 Å². The number of carbonyl (C=O) groups excluding carboxylic acids is 1. The van der Waals surface area contributed by atoms with Crippen LogP contribution in [0.15, 0.2) is 24.3 Å². The highest BCUT2D eigenvalue weighted by Gasteiger charge is 2.29. The third-order valence-electron chi connectivity index (χ3n) is 3.30. The lowest BCUT2D eigenvalue weighted by atomic mass is 10.1. The lowest BCUT2D eigenvalue weighted by Gasteiger charge is -2.10. The number of hydrogen-bond acceptors (Lipinski definition) is 5. The number of benzene rings is 1. The molecule has 1 fully saturated rings. The van der Waals surface area contributed by atoms with E-state index in [4.69, 9.17) is 14.6 Å². The normalized spacial score (nSPS) is 22.2. The Labute approximate surface area is 112 Å². The molecule has 5 heteroatoms. The number of methoxy groups -OCH3 is 1. The quantitative estimate of drug-likeness (QED) is 0.767. The van der Waals surface area contributed by atoms with Crippen molar-refractivity contribution in [3.8, 4) is 5.75 Å². The maximum Gasteiger partial charge on any atom is 0.323 e. The molecule has 1 saturated heterocycles. The first-order chi connectivity index (χ1) is 9.22. The van der Waals surface area contributed by atoms with Crippen LogP contribution in [-0.4, -0.2) is 37.4 Å². The van der Waals surface area contributed by atoms with Gasteiger partial charge in [-0.25, -0.2) is 0 Å². The molecule has 1 aliphatic rings. The molecule has 2 atom stereocenters. The lowest BCUT2D eigenvalue weighted by Crippen LogP contribution is -2.32. The Morgan fingerprint density at radius 2 is 2.16 bits per heavy atom. The van der Waals surface area contributed by atoms with Gasteiger partial charge in [-0.2, -0.15) is 0 Å². The molecule has 0 bridgehead atoms. The molecule has 0 unspecified atom stereocenters. The van der Waals surface area contributed by atoms with Crippen LogP contribution in [0, 0.1) is 5.92 Å². The summed E-state index contributed by atoms with van der Waals surface area (Å²) in [7, 11) is 1.61. The van der Waals surface area contributed by atoms with Crippen molar-refractivity contribution >= 4 is 5.97 Å². The standard InChI is InChI=1S/C14H19NO4/c1-18-12-4-2-10(3-5-12)9-19-14(17)13-6-11(8-16)7-15-13/h2-5,11,13,15-16H,6-9H2,1H3/t11-,13-/m0/s1. The molecule has 0 amide bonds. The van der Waals surface area contributed by atoms with E-state index in [1.165, 1.54) is 0 Å². The fourth-order valence-electron chi connectivity index (χ4n) is 2.10. The number of hydrogen-bond donors (Lipinski definition) is 2. The summed E-state index contributed by atoms with van der Waals surface area (Å²) in [5.41, 5.74) is 0.922. The van der Waals surface area contributed by atoms with E-state index in [-0.39, 0.29) is 31.1 Å². The van der Waals surface area contributed by atoms with Gasteiger partial charge in [0.2, 0.25) is 0 Å². The molecule has 1 aromatic rings. The number of ether oxygens (including phenoxy) is 2. The molecule has 2 N–H and O–H groups in total. The maximum absolute atomic E-state index is 11.8. The van der Waals surface area contributed by atoms with E-state index in [9.17, 15) is 4.79 Å². The highest BCUT2D eigenvalue weighted by Crippen LogP contribution is 2.16. The van der Waals surface area contributed by atoms with Gasteiger partial charge >= 0.3 is 5.97 Å². The van der Waals surface area contributed by atoms with Gasteiger partial charge in [-0.15, -0.1) is 0 Å². The first-order valence-corrected chi connectivity index (χ1v) is 6.36. The summed E-state index contributed by atoms with van der Waals surface area (Å²) in [5.74, 6) is 0.670. The van der Waals surface area contributed by atoms with Crippen LogP contribution in [0.4, 0.5) is 0 Å². The van der Waals surface area contributed by atoms with Crippen LogP contribution in [0.5, 0.6) is 5.75 Å². The SMILES string of the molecule is COc1ccc(COC(=O)[C@@H]2C[C@H](CO)CN2)cc1. The number of carbonyl (C=O) groups is 1. The van der Waals surface area contributed by atoms with Crippen molar-refractivity contribution in [2.24, 2.45) is 5.92 Å². The molecule has 1 aliphatic heterocycles. The Hall–Kier alpha value is -1.59. The van der Waals surface area contributed by atoms with Gasteiger partial charge in [0.25, 0.3) is 0 Å². The van der Waals surface area contributed by atoms with Gasteiger partial charge in [0.15, 0.2) is 0 Å². The Morgan fingerprint density at radius 1 is 1.42 bits per heavy atom. The topological polar surface area (TPSA) is 67.8 Å². The van der Waals surface area contributed by atoms with Crippen LogP contribution in [0.2, 0.25) is 0 Å². The second-order valence-electron chi connectivity index (χ2n) is 4.70. The highest BCUT2D eigenvalue weighted by molar-refractivity contribution is 5.76. The van der Waals surface area contributed by atoms with Crippen LogP contribution in [0.3, 0.4) is 0 Å². The van der Waals surface area contributed by atoms with E-state index in [0.717, 1.165) is 11.3 Å². The molecular formula is C14H19NO4. The van der Waals surface area contributed by atoms with Crippen molar-refractivity contribution < 1.29 is 19.4 Å². The molecule has 1 aromatic carbocycles. The summed E-state index contributed by atoms with van der Waals surface area (Å²) in [5, 5.41) is 12.1. The summed E-state index contributed by atoms with van der Waals surface area (Å²) in [6, 6.07) is 7.10. The van der Waals surface area contributed by atoms with Gasteiger partial charge < -0.3 is 19.9 Å². The van der Waals surface area contributed by atoms with Gasteiger partial charge in [-0.05, 0) is 30.0 Å². The second-order valence-corrected chi connectivity index (χ2v) is 4.70. The minimum Gasteiger partial charge on any atom is -0.497 e. The van der Waals surface area contributed by atoms with Crippen molar-refractivity contribution in [3.05, 3.63) is 29.8 Å². The zero-order valence-corrected chi connectivity index (χ0v) is 11.0. The molecule has 19 heavy (non-hydrogen) atoms. The zero-order chi connectivity index (χ0) is 13.7. The first kappa shape index (κ1) is 13.8. The molecule has 2 rings (SSSR count). The Kier molecular flexibility index (Phi) is 4.76. The van der Waals surface area contributed by atoms with E-state index in [1.807, 2.05) is 24.3 Å². The van der Waals surface area contributed by atoms with Gasteiger partial charge in [-0.1, -0.05) is 12.1 Å². The van der Waals surface area contributed by atoms with Crippen molar-refractivity contribution in [3.63, 3.8) is 0 Å². The van der Waals surface area contributed by atoms with E-state index in [1.54, 1.807) is 7.11 Å². The number of nitrogens with one attached hydrogen (secondary N) is 1. The molecule has 5 nitrogen and oxygen atoms in total. The van der Waals surface area contributed by atoms with Crippen LogP contribution in [0.25, 0.3) is 0 Å². The van der Waals surface area contributed by atoms with Gasteiger partial charge in [0, 0.05) is 13.2 Å². The molecule has 104 valence electrons. The summed E-state index contributed by atoms with van der Waals surface area (Å²) in [4.78, 5) is 11.8. The summed E-state index contributed by atoms with van der Waals surface area (Å²) < 4.78 is 10.3. The lowest BCUT2D eigenvalue weighted by molar-refractivity contribution is -0.147. The maximum atomic E-state index is 11.8. The minimum atomic E-state index is -0.296. The Balaban J connectivity index is 1.80. The molecule has 0 aromatic heterocycles. The fourth-order valence-corrected chi connectivity index (χ4v) is 2.10. The molecule has 0 spiro atoms. The minimum absolute atomic E-state index is 0.106. The molecule has 0 aliphatic carbocycles. The van der Waals surface area contributed by atoms with Crippen molar-refractivity contribution in [2.75, 3.05) is 20.3 Å². The summed E-state index contributed by atoms with van der Waals surface area (Å²) in [6.45, 7) is 1.03. The molecule has 0 radical (unpaired) electrons. The van der Waals surface area contributed by atoms with Crippen molar-refractivity contribution in [2.45, 2.75) is 19.1 Å². The molecular weight excluding hydrogens is 246 g/mol. The smallest absolute Gasteiger partial charge is 0.323 e. The number of esters is 1. The van der Waals surface area contributed by atoms with Gasteiger partial charge in [0.1, 0.15) is 18.4 Å². The molecule has 1 heterocycles. The van der Waals surface area contributed by atoms with Gasteiger partial charge in [-0.3, -0.25) is 4.79 Å². The van der Waals surface area contributed by atoms with Crippen molar-refractivity contribution in [1.29, 1.82) is 0 Å². The fraction of sp³-hybridized carbons (Fsp3) is 0.500. The monoisotopic (exact) mass is 265 g/mol. The van der Waals surface area contributed by atoms with E-state index >= 15 is 0 Å². The van der Waals surface area contributed by atoms with Crippen LogP contribution in [0.1, 0.15) is 12.0 Å².